The summed E-state index contributed by atoms with van der Waals surface area (Å²) in [6.07, 6.45) is 0. The molecule has 0 saturated heterocycles. The highest BCUT2D eigenvalue weighted by molar-refractivity contribution is 7.79. The molecule has 0 fully saturated rings. The first-order valence-corrected chi connectivity index (χ1v) is 3.77. The van der Waals surface area contributed by atoms with Gasteiger partial charge in [-0.3, -0.25) is 0 Å². The number of rotatable bonds is 2. The Kier molecular flexibility index (Phi) is 2.68. The third-order valence-electron chi connectivity index (χ3n) is 1.17. The summed E-state index contributed by atoms with van der Waals surface area (Å²) in [4.78, 5) is 0. The number of nitrogens with one attached hydrogen (secondary N) is 1. The Balaban J connectivity index is 3.01. The van der Waals surface area contributed by atoms with E-state index in [9.17, 15) is 5.11 Å². The fourth-order valence-electron chi connectivity index (χ4n) is 0.687. The van der Waals surface area contributed by atoms with E-state index in [4.69, 9.17) is 11.6 Å². The van der Waals surface area contributed by atoms with Gasteiger partial charge < -0.3 is 10.4 Å². The number of anilines is 1. The molecule has 58 valence electrons. The molecule has 0 atom stereocenters. The quantitative estimate of drug-likeness (QED) is 0.551. The molecule has 0 saturated carbocycles. The molecule has 0 unspecified atom stereocenters. The maximum absolute atomic E-state index is 9.18. The van der Waals surface area contributed by atoms with Crippen LogP contribution < -0.4 is 5.32 Å². The lowest BCUT2D eigenvalue weighted by Crippen LogP contribution is -1.91. The second kappa shape index (κ2) is 3.55. The summed E-state index contributed by atoms with van der Waals surface area (Å²) in [7, 11) is 0. The minimum absolute atomic E-state index is 0.135. The molecule has 0 bridgehead atoms. The molecule has 1 rings (SSSR count). The molecule has 1 aromatic carbocycles. The number of hydrogen-bond acceptors (Lipinski definition) is 2. The Labute approximate surface area is 74.8 Å². The average molecular weight is 188 g/mol. The topological polar surface area (TPSA) is 32.3 Å². The van der Waals surface area contributed by atoms with Crippen molar-refractivity contribution in [2.45, 2.75) is 0 Å². The van der Waals surface area contributed by atoms with Crippen molar-refractivity contribution >= 4 is 35.0 Å². The standard InChI is InChI=1S/C7H6ClNOS/c8-5-1-2-7(10)6(3-5)9-4-11/h1-4,10H,(H,9,11). The lowest BCUT2D eigenvalue weighted by Gasteiger charge is -2.02. The van der Waals surface area contributed by atoms with Gasteiger partial charge in [-0.05, 0) is 18.2 Å². The Morgan fingerprint density at radius 2 is 2.27 bits per heavy atom. The predicted octanol–water partition coefficient (Wildman–Crippen LogP) is 2.41. The van der Waals surface area contributed by atoms with Crippen molar-refractivity contribution < 1.29 is 5.11 Å². The largest absolute Gasteiger partial charge is 0.506 e. The van der Waals surface area contributed by atoms with Gasteiger partial charge in [-0.1, -0.05) is 23.8 Å². The first-order chi connectivity index (χ1) is 5.24. The van der Waals surface area contributed by atoms with Gasteiger partial charge in [-0.2, -0.15) is 0 Å². The van der Waals surface area contributed by atoms with Crippen LogP contribution in [0.2, 0.25) is 5.02 Å². The third kappa shape index (κ3) is 2.06. The summed E-state index contributed by atoms with van der Waals surface area (Å²) in [5, 5.41) is 12.4. The molecule has 2 N–H and O–H groups in total. The van der Waals surface area contributed by atoms with Gasteiger partial charge in [-0.25, -0.2) is 0 Å². The van der Waals surface area contributed by atoms with E-state index >= 15 is 0 Å². The lowest BCUT2D eigenvalue weighted by atomic mass is 10.3. The highest BCUT2D eigenvalue weighted by Crippen LogP contribution is 2.25. The van der Waals surface area contributed by atoms with Gasteiger partial charge in [0.05, 0.1) is 11.2 Å². The second-order valence-corrected chi connectivity index (χ2v) is 2.60. The van der Waals surface area contributed by atoms with Crippen molar-refractivity contribution in [2.24, 2.45) is 0 Å². The molecule has 1 aromatic rings. The number of hydrogen-bond donors (Lipinski definition) is 2. The van der Waals surface area contributed by atoms with E-state index in [1.165, 1.54) is 11.6 Å². The predicted molar refractivity (Wildman–Crippen MR) is 50.4 cm³/mol. The van der Waals surface area contributed by atoms with Crippen LogP contribution >= 0.6 is 23.8 Å². The Bertz CT molecular complexity index is 277. The van der Waals surface area contributed by atoms with Crippen LogP contribution in [0.5, 0.6) is 5.75 Å². The molecular formula is C7H6ClNOS. The van der Waals surface area contributed by atoms with Gasteiger partial charge in [0.1, 0.15) is 5.75 Å². The van der Waals surface area contributed by atoms with Crippen molar-refractivity contribution in [3.05, 3.63) is 23.2 Å². The molecule has 0 amide bonds. The van der Waals surface area contributed by atoms with Gasteiger partial charge in [0, 0.05) is 5.02 Å². The second-order valence-electron chi connectivity index (χ2n) is 1.92. The zero-order chi connectivity index (χ0) is 8.27. The van der Waals surface area contributed by atoms with Crippen molar-refractivity contribution in [1.82, 2.24) is 0 Å². The molecule has 11 heavy (non-hydrogen) atoms. The van der Waals surface area contributed by atoms with Crippen LogP contribution in [-0.4, -0.2) is 10.6 Å². The number of phenolic OH excluding ortho intramolecular Hbond substituents is 1. The number of aromatic hydroxyl groups is 1. The smallest absolute Gasteiger partial charge is 0.139 e. The molecule has 0 aliphatic rings. The summed E-state index contributed by atoms with van der Waals surface area (Å²) in [6, 6.07) is 4.70. The van der Waals surface area contributed by atoms with Gasteiger partial charge in [0.2, 0.25) is 0 Å². The third-order valence-corrected chi connectivity index (χ3v) is 1.53. The van der Waals surface area contributed by atoms with E-state index in [2.05, 4.69) is 17.5 Å². The van der Waals surface area contributed by atoms with Crippen molar-refractivity contribution in [1.29, 1.82) is 0 Å². The Hall–Kier alpha value is -0.800. The summed E-state index contributed by atoms with van der Waals surface area (Å²) < 4.78 is 0. The molecule has 0 radical (unpaired) electrons. The molecule has 4 heteroatoms. The summed E-state index contributed by atoms with van der Waals surface area (Å²) in [5.74, 6) is 0.135. The molecule has 0 aliphatic carbocycles. The molecule has 0 aliphatic heterocycles. The number of phenols is 1. The summed E-state index contributed by atoms with van der Waals surface area (Å²) >= 11 is 10.2. The van der Waals surface area contributed by atoms with Gasteiger partial charge in [-0.15, -0.1) is 0 Å². The lowest BCUT2D eigenvalue weighted by molar-refractivity contribution is 0.478. The SMILES string of the molecule is Oc1ccc(Cl)cc1NC=S. The van der Waals surface area contributed by atoms with Gasteiger partial charge >= 0.3 is 0 Å². The van der Waals surface area contributed by atoms with E-state index in [1.807, 2.05) is 0 Å². The zero-order valence-corrected chi connectivity index (χ0v) is 7.12. The normalized spacial score (nSPS) is 9.18. The summed E-state index contributed by atoms with van der Waals surface area (Å²) in [5.41, 5.74) is 1.83. The number of benzene rings is 1. The minimum Gasteiger partial charge on any atom is -0.506 e. The van der Waals surface area contributed by atoms with E-state index in [0.717, 1.165) is 0 Å². The van der Waals surface area contributed by atoms with E-state index in [0.29, 0.717) is 10.7 Å². The first kappa shape index (κ1) is 8.30. The van der Waals surface area contributed by atoms with Crippen LogP contribution in [0, 0.1) is 0 Å². The van der Waals surface area contributed by atoms with E-state index in [1.54, 1.807) is 12.1 Å². The summed E-state index contributed by atoms with van der Waals surface area (Å²) in [6.45, 7) is 0. The molecule has 2 nitrogen and oxygen atoms in total. The van der Waals surface area contributed by atoms with Gasteiger partial charge in [0.15, 0.2) is 0 Å². The van der Waals surface area contributed by atoms with Crippen LogP contribution in [-0.2, 0) is 0 Å². The molecular weight excluding hydrogens is 182 g/mol. The number of halogens is 1. The van der Waals surface area contributed by atoms with Crippen LogP contribution in [0.3, 0.4) is 0 Å². The minimum atomic E-state index is 0.135. The fraction of sp³-hybridized carbons (Fsp3) is 0. The molecule has 0 aromatic heterocycles. The van der Waals surface area contributed by atoms with Crippen molar-refractivity contribution in [2.75, 3.05) is 5.32 Å². The Morgan fingerprint density at radius 3 is 2.91 bits per heavy atom. The highest BCUT2D eigenvalue weighted by atomic mass is 35.5. The first-order valence-electron chi connectivity index (χ1n) is 2.93. The van der Waals surface area contributed by atoms with Crippen LogP contribution in [0.4, 0.5) is 5.69 Å². The Morgan fingerprint density at radius 1 is 1.55 bits per heavy atom. The van der Waals surface area contributed by atoms with Crippen LogP contribution in [0.25, 0.3) is 0 Å². The van der Waals surface area contributed by atoms with Gasteiger partial charge in [0.25, 0.3) is 0 Å². The fourth-order valence-corrected chi connectivity index (χ4v) is 0.986. The van der Waals surface area contributed by atoms with Crippen LogP contribution in [0.1, 0.15) is 0 Å². The monoisotopic (exact) mass is 187 g/mol. The van der Waals surface area contributed by atoms with E-state index in [-0.39, 0.29) is 5.75 Å². The average Bonchev–Trinajstić information content (AvgIpc) is 1.98. The molecule has 0 spiro atoms. The maximum atomic E-state index is 9.18. The van der Waals surface area contributed by atoms with Crippen LogP contribution in [0.15, 0.2) is 18.2 Å². The zero-order valence-electron chi connectivity index (χ0n) is 5.54. The highest BCUT2D eigenvalue weighted by Gasteiger charge is 1.98. The van der Waals surface area contributed by atoms with Crippen molar-refractivity contribution in [3.8, 4) is 5.75 Å². The molecule has 0 heterocycles. The number of thiocarbonyl (C=S) groups is 1. The maximum Gasteiger partial charge on any atom is 0.139 e. The van der Waals surface area contributed by atoms with E-state index < -0.39 is 0 Å². The van der Waals surface area contributed by atoms with Crippen molar-refractivity contribution in [3.63, 3.8) is 0 Å².